The normalized spacial score (nSPS) is 12.1. The van der Waals surface area contributed by atoms with Crippen LogP contribution in [0, 0.1) is 0 Å². The number of methoxy groups -OCH3 is 1. The largest absolute Gasteiger partial charge is 0.493 e. The lowest BCUT2D eigenvalue weighted by Crippen LogP contribution is -2.32. The number of alkyl halides is 6. The molecule has 0 unspecified atom stereocenters. The van der Waals surface area contributed by atoms with Crippen LogP contribution < -0.4 is 20.1 Å². The van der Waals surface area contributed by atoms with Crippen molar-refractivity contribution < 1.29 is 40.6 Å². The molecule has 2 N–H and O–H groups in total. The van der Waals surface area contributed by atoms with Gasteiger partial charge in [-0.1, -0.05) is 12.1 Å². The van der Waals surface area contributed by atoms with Gasteiger partial charge >= 0.3 is 12.4 Å². The van der Waals surface area contributed by atoms with Crippen LogP contribution in [0.1, 0.15) is 5.56 Å². The summed E-state index contributed by atoms with van der Waals surface area (Å²) in [5.74, 6) is -0.615. The van der Waals surface area contributed by atoms with E-state index >= 15 is 0 Å². The lowest BCUT2D eigenvalue weighted by atomic mass is 10.1. The van der Waals surface area contributed by atoms with Crippen molar-refractivity contribution in [2.75, 3.05) is 25.6 Å². The number of hydrogen-bond acceptors (Lipinski definition) is 6. The second-order valence-electron chi connectivity index (χ2n) is 7.06. The number of benzene rings is 2. The number of anilines is 2. The molecular formula is C22H18F6N4O3. The Morgan fingerprint density at radius 3 is 2.34 bits per heavy atom. The molecule has 7 nitrogen and oxygen atoms in total. The first-order chi connectivity index (χ1) is 16.4. The lowest BCUT2D eigenvalue weighted by Gasteiger charge is -2.14. The number of carbonyl (C=O) groups excluding carboxylic acids is 1. The van der Waals surface area contributed by atoms with Crippen molar-refractivity contribution in [1.29, 1.82) is 0 Å². The Bertz CT molecular complexity index is 1210. The monoisotopic (exact) mass is 500 g/mol. The number of nitrogens with one attached hydrogen (secondary N) is 2. The third-order valence-electron chi connectivity index (χ3n) is 4.38. The molecule has 0 bridgehead atoms. The minimum Gasteiger partial charge on any atom is -0.493 e. The molecule has 1 heterocycles. The van der Waals surface area contributed by atoms with Gasteiger partial charge in [-0.3, -0.25) is 4.79 Å². The zero-order valence-electron chi connectivity index (χ0n) is 18.0. The van der Waals surface area contributed by atoms with Crippen molar-refractivity contribution in [2.24, 2.45) is 0 Å². The van der Waals surface area contributed by atoms with Crippen LogP contribution in [0.25, 0.3) is 17.0 Å². The molecule has 0 atom stereocenters. The van der Waals surface area contributed by atoms with Gasteiger partial charge in [0.15, 0.2) is 18.1 Å². The maximum Gasteiger partial charge on any atom is 0.422 e. The average Bonchev–Trinajstić information content (AvgIpc) is 2.79. The highest BCUT2D eigenvalue weighted by Crippen LogP contribution is 2.35. The zero-order chi connectivity index (χ0) is 25.6. The highest BCUT2D eigenvalue weighted by molar-refractivity contribution is 5.93. The summed E-state index contributed by atoms with van der Waals surface area (Å²) in [6.07, 6.45) is -5.46. The van der Waals surface area contributed by atoms with E-state index in [0.717, 1.165) is 6.08 Å². The molecule has 35 heavy (non-hydrogen) atoms. The summed E-state index contributed by atoms with van der Waals surface area (Å²) in [4.78, 5) is 19.7. The number of rotatable bonds is 8. The minimum absolute atomic E-state index is 0.0592. The van der Waals surface area contributed by atoms with Crippen molar-refractivity contribution in [2.45, 2.75) is 12.4 Å². The first kappa shape index (κ1) is 25.6. The highest BCUT2D eigenvalue weighted by atomic mass is 19.4. The first-order valence-corrected chi connectivity index (χ1v) is 9.85. The lowest BCUT2D eigenvalue weighted by molar-refractivity contribution is -0.153. The smallest absolute Gasteiger partial charge is 0.422 e. The van der Waals surface area contributed by atoms with Gasteiger partial charge in [0, 0.05) is 23.2 Å². The van der Waals surface area contributed by atoms with Gasteiger partial charge < -0.3 is 20.1 Å². The summed E-state index contributed by atoms with van der Waals surface area (Å²) in [7, 11) is 1.29. The van der Waals surface area contributed by atoms with E-state index in [0.29, 0.717) is 28.0 Å². The molecule has 0 aliphatic rings. The molecule has 0 spiro atoms. The average molecular weight is 500 g/mol. The van der Waals surface area contributed by atoms with Crippen molar-refractivity contribution >= 4 is 34.4 Å². The van der Waals surface area contributed by atoms with Crippen LogP contribution in [0.2, 0.25) is 0 Å². The predicted octanol–water partition coefficient (Wildman–Crippen LogP) is 5.01. The Balaban J connectivity index is 1.74. The summed E-state index contributed by atoms with van der Waals surface area (Å²) in [6.45, 7) is -2.91. The van der Waals surface area contributed by atoms with Crippen LogP contribution in [-0.2, 0) is 4.79 Å². The molecule has 0 aliphatic heterocycles. The second kappa shape index (κ2) is 10.5. The second-order valence-corrected chi connectivity index (χ2v) is 7.06. The maximum absolute atomic E-state index is 12.5. The molecule has 2 aromatic carbocycles. The number of nitrogens with zero attached hydrogens (tertiary/aromatic N) is 2. The Hall–Kier alpha value is -4.03. The van der Waals surface area contributed by atoms with Crippen LogP contribution >= 0.6 is 0 Å². The van der Waals surface area contributed by atoms with Gasteiger partial charge in [0.2, 0.25) is 5.91 Å². The van der Waals surface area contributed by atoms with Crippen LogP contribution in [0.3, 0.4) is 0 Å². The van der Waals surface area contributed by atoms with Crippen LogP contribution in [0.5, 0.6) is 11.5 Å². The Morgan fingerprint density at radius 2 is 1.71 bits per heavy atom. The van der Waals surface area contributed by atoms with E-state index in [-0.39, 0.29) is 11.5 Å². The van der Waals surface area contributed by atoms with E-state index in [9.17, 15) is 31.1 Å². The van der Waals surface area contributed by atoms with Gasteiger partial charge in [-0.05, 0) is 29.8 Å². The SMILES string of the molecule is COc1cc2c(Nc3ccc(C=CC(=O)NCC(F)(F)F)cc3)ncnc2cc1OCC(F)(F)F. The molecule has 13 heteroatoms. The number of carbonyl (C=O) groups is 1. The molecule has 1 aromatic heterocycles. The molecule has 0 aliphatic carbocycles. The summed E-state index contributed by atoms with van der Waals surface area (Å²) < 4.78 is 83.9. The first-order valence-electron chi connectivity index (χ1n) is 9.85. The predicted molar refractivity (Wildman–Crippen MR) is 115 cm³/mol. The van der Waals surface area contributed by atoms with Crippen molar-refractivity contribution in [1.82, 2.24) is 15.3 Å². The molecule has 0 fully saturated rings. The van der Waals surface area contributed by atoms with Gasteiger partial charge in [0.05, 0.1) is 12.6 Å². The van der Waals surface area contributed by atoms with Crippen molar-refractivity contribution in [3.63, 3.8) is 0 Å². The Morgan fingerprint density at radius 1 is 1.00 bits per heavy atom. The van der Waals surface area contributed by atoms with E-state index in [2.05, 4.69) is 15.3 Å². The van der Waals surface area contributed by atoms with Gasteiger partial charge in [-0.25, -0.2) is 9.97 Å². The summed E-state index contributed by atoms with van der Waals surface area (Å²) >= 11 is 0. The fourth-order valence-corrected chi connectivity index (χ4v) is 2.83. The molecule has 186 valence electrons. The van der Waals surface area contributed by atoms with E-state index in [1.807, 2.05) is 0 Å². The molecule has 3 aromatic rings. The van der Waals surface area contributed by atoms with Crippen LogP contribution in [-0.4, -0.2) is 48.5 Å². The molecule has 3 rings (SSSR count). The molecular weight excluding hydrogens is 482 g/mol. The van der Waals surface area contributed by atoms with E-state index in [1.54, 1.807) is 29.6 Å². The number of hydrogen-bond donors (Lipinski definition) is 2. The Labute approximate surface area is 194 Å². The number of ether oxygens (including phenoxy) is 2. The number of fused-ring (bicyclic) bond motifs is 1. The molecule has 0 saturated carbocycles. The zero-order valence-corrected chi connectivity index (χ0v) is 18.0. The van der Waals surface area contributed by atoms with Crippen LogP contribution in [0.4, 0.5) is 37.8 Å². The number of halogens is 6. The van der Waals surface area contributed by atoms with Gasteiger partial charge in [-0.2, -0.15) is 26.3 Å². The number of aromatic nitrogens is 2. The van der Waals surface area contributed by atoms with E-state index in [1.165, 1.54) is 31.6 Å². The van der Waals surface area contributed by atoms with Crippen molar-refractivity contribution in [3.8, 4) is 11.5 Å². The third-order valence-corrected chi connectivity index (χ3v) is 4.38. The minimum atomic E-state index is -4.52. The molecule has 1 amide bonds. The van der Waals surface area contributed by atoms with Gasteiger partial charge in [-0.15, -0.1) is 0 Å². The molecule has 0 radical (unpaired) electrons. The quantitative estimate of drug-likeness (QED) is 0.334. The van der Waals surface area contributed by atoms with Crippen molar-refractivity contribution in [3.05, 3.63) is 54.4 Å². The van der Waals surface area contributed by atoms with E-state index < -0.39 is 31.4 Å². The van der Waals surface area contributed by atoms with Crippen LogP contribution in [0.15, 0.2) is 48.8 Å². The van der Waals surface area contributed by atoms with Gasteiger partial charge in [0.1, 0.15) is 18.7 Å². The Kier molecular flexibility index (Phi) is 7.67. The third kappa shape index (κ3) is 7.76. The molecule has 0 saturated heterocycles. The van der Waals surface area contributed by atoms with Gasteiger partial charge in [0.25, 0.3) is 0 Å². The standard InChI is InChI=1S/C22H18F6N4O3/c1-34-17-8-15-16(9-18(17)35-11-22(26,27)28)30-12-31-20(15)32-14-5-2-13(3-6-14)4-7-19(33)29-10-21(23,24)25/h2-9,12H,10-11H2,1H3,(H,29,33)(H,30,31,32). The highest BCUT2D eigenvalue weighted by Gasteiger charge is 2.29. The van der Waals surface area contributed by atoms with E-state index in [4.69, 9.17) is 9.47 Å². The topological polar surface area (TPSA) is 85.4 Å². The number of amides is 1. The fourth-order valence-electron chi connectivity index (χ4n) is 2.83. The summed E-state index contributed by atoms with van der Waals surface area (Å²) in [5, 5.41) is 5.23. The fraction of sp³-hybridized carbons (Fsp3) is 0.227. The summed E-state index contributed by atoms with van der Waals surface area (Å²) in [6, 6.07) is 9.26. The maximum atomic E-state index is 12.5. The summed E-state index contributed by atoms with van der Waals surface area (Å²) in [5.41, 5.74) is 1.43.